The molecule has 3 aliphatic rings. The van der Waals surface area contributed by atoms with Crippen LogP contribution in [0.15, 0.2) is 30.6 Å². The molecule has 0 unspecified atom stereocenters. The monoisotopic (exact) mass is 435 g/mol. The minimum Gasteiger partial charge on any atom is -0.334 e. The zero-order valence-electron chi connectivity index (χ0n) is 16.1. The van der Waals surface area contributed by atoms with Crippen LogP contribution in [0.3, 0.4) is 0 Å². The van der Waals surface area contributed by atoms with Crippen LogP contribution in [0.1, 0.15) is 24.1 Å². The highest BCUT2D eigenvalue weighted by atomic mass is 19.3. The number of alkyl halides is 2. The van der Waals surface area contributed by atoms with Crippen LogP contribution in [0.4, 0.5) is 28.0 Å². The number of rotatable bonds is 4. The lowest BCUT2D eigenvalue weighted by molar-refractivity contribution is -0.132. The van der Waals surface area contributed by atoms with Crippen molar-refractivity contribution >= 4 is 23.2 Å². The maximum atomic E-state index is 14.1. The van der Waals surface area contributed by atoms with Crippen molar-refractivity contribution in [3.63, 3.8) is 0 Å². The van der Waals surface area contributed by atoms with E-state index in [2.05, 4.69) is 10.4 Å². The van der Waals surface area contributed by atoms with Crippen LogP contribution in [0.25, 0.3) is 5.57 Å². The minimum absolute atomic E-state index is 0.00596. The van der Waals surface area contributed by atoms with Crippen LogP contribution in [0.2, 0.25) is 0 Å². The predicted octanol–water partition coefficient (Wildman–Crippen LogP) is 3.22. The average molecular weight is 435 g/mol. The molecule has 2 aliphatic heterocycles. The Morgan fingerprint density at radius 2 is 2.10 bits per heavy atom. The third-order valence-corrected chi connectivity index (χ3v) is 6.01. The summed E-state index contributed by atoms with van der Waals surface area (Å²) in [5.74, 6) is -2.40. The molecule has 1 saturated heterocycles. The molecule has 162 valence electrons. The van der Waals surface area contributed by atoms with Crippen molar-refractivity contribution < 1.29 is 27.2 Å². The Morgan fingerprint density at radius 1 is 1.29 bits per heavy atom. The number of hydrogen-bond donors (Lipinski definition) is 1. The number of hydrogen-bond acceptors (Lipinski definition) is 3. The summed E-state index contributed by atoms with van der Waals surface area (Å²) < 4.78 is 53.7. The van der Waals surface area contributed by atoms with Crippen LogP contribution in [-0.2, 0) is 11.3 Å². The highest BCUT2D eigenvalue weighted by molar-refractivity contribution is 5.95. The molecule has 1 aliphatic carbocycles. The zero-order valence-corrected chi connectivity index (χ0v) is 16.1. The number of anilines is 1. The van der Waals surface area contributed by atoms with Crippen LogP contribution in [-0.4, -0.2) is 50.6 Å². The molecular formula is C20H17F4N5O2. The van der Waals surface area contributed by atoms with Crippen molar-refractivity contribution in [1.29, 1.82) is 0 Å². The summed E-state index contributed by atoms with van der Waals surface area (Å²) in [6, 6.07) is 1.45. The van der Waals surface area contributed by atoms with Crippen LogP contribution in [0.5, 0.6) is 0 Å². The van der Waals surface area contributed by atoms with E-state index < -0.39 is 24.2 Å². The number of likely N-dealkylation sites (tertiary alicyclic amines) is 1. The first-order valence-corrected chi connectivity index (χ1v) is 9.68. The average Bonchev–Trinajstić information content (AvgIpc) is 3.47. The highest BCUT2D eigenvalue weighted by Crippen LogP contribution is 2.42. The normalized spacial score (nSPS) is 22.1. The molecule has 11 heteroatoms. The first-order chi connectivity index (χ1) is 14.8. The fourth-order valence-corrected chi connectivity index (χ4v) is 4.51. The van der Waals surface area contributed by atoms with E-state index in [0.29, 0.717) is 23.2 Å². The summed E-state index contributed by atoms with van der Waals surface area (Å²) in [4.78, 5) is 27.9. The summed E-state index contributed by atoms with van der Waals surface area (Å²) in [5.41, 5.74) is 1.66. The Kier molecular flexibility index (Phi) is 4.49. The fourth-order valence-electron chi connectivity index (χ4n) is 4.51. The van der Waals surface area contributed by atoms with Gasteiger partial charge in [-0.15, -0.1) is 0 Å². The predicted molar refractivity (Wildman–Crippen MR) is 101 cm³/mol. The molecule has 0 saturated carbocycles. The number of carbonyl (C=O) groups excluding carboxylic acids is 2. The van der Waals surface area contributed by atoms with E-state index in [9.17, 15) is 27.2 Å². The molecule has 0 spiro atoms. The molecule has 2 atom stereocenters. The molecule has 5 rings (SSSR count). The van der Waals surface area contributed by atoms with E-state index >= 15 is 0 Å². The topological polar surface area (TPSA) is 70.5 Å². The van der Waals surface area contributed by atoms with Crippen molar-refractivity contribution in [2.75, 3.05) is 18.4 Å². The Labute approximate surface area is 173 Å². The second kappa shape index (κ2) is 7.10. The fraction of sp³-hybridized carbons (Fsp3) is 0.350. The van der Waals surface area contributed by atoms with Crippen molar-refractivity contribution in [3.8, 4) is 0 Å². The van der Waals surface area contributed by atoms with Crippen LogP contribution >= 0.6 is 0 Å². The van der Waals surface area contributed by atoms with E-state index in [1.54, 1.807) is 4.90 Å². The van der Waals surface area contributed by atoms with Gasteiger partial charge in [0.1, 0.15) is 6.54 Å². The summed E-state index contributed by atoms with van der Waals surface area (Å²) in [7, 11) is 0. The van der Waals surface area contributed by atoms with E-state index in [1.165, 1.54) is 18.5 Å². The summed E-state index contributed by atoms with van der Waals surface area (Å²) in [6.45, 7) is -2.82. The molecule has 1 N–H and O–H groups in total. The molecule has 3 heterocycles. The maximum Gasteiger partial charge on any atom is 0.333 e. The van der Waals surface area contributed by atoms with E-state index in [4.69, 9.17) is 0 Å². The smallest absolute Gasteiger partial charge is 0.333 e. The first kappa shape index (κ1) is 19.6. The molecule has 3 amide bonds. The minimum atomic E-state index is -2.72. The number of carbonyl (C=O) groups is 2. The maximum absolute atomic E-state index is 14.1. The number of nitrogens with zero attached hydrogens (tertiary/aromatic N) is 4. The number of benzene rings is 1. The standard InChI is InChI=1S/C20H17F4N5O2/c21-15-1-2-16-14(18(15)22)8-27(20(31)26-16)9-17(30)28-6-10-3-12(28)4-13(10)11-5-25-29(7-11)19(23)24/h1-2,4-5,7,10,12,19H,3,6,8-9H2,(H,26,31)/t10-,12-/m1/s1. The van der Waals surface area contributed by atoms with Gasteiger partial charge in [0.2, 0.25) is 5.91 Å². The van der Waals surface area contributed by atoms with E-state index in [1.807, 2.05) is 6.08 Å². The second-order valence-corrected chi connectivity index (χ2v) is 7.83. The number of urea groups is 1. The van der Waals surface area contributed by atoms with Crippen LogP contribution < -0.4 is 5.32 Å². The molecule has 1 fully saturated rings. The SMILES string of the molecule is O=C1Nc2ccc(F)c(F)c2CN1CC(=O)N1C[C@H]2C[C@@H]1C=C2c1cnn(C(F)F)c1. The van der Waals surface area contributed by atoms with Gasteiger partial charge in [0.05, 0.1) is 24.5 Å². The Hall–Kier alpha value is -3.37. The van der Waals surface area contributed by atoms with Crippen molar-refractivity contribution in [2.24, 2.45) is 5.92 Å². The summed E-state index contributed by atoms with van der Waals surface area (Å²) >= 11 is 0. The first-order valence-electron chi connectivity index (χ1n) is 9.68. The van der Waals surface area contributed by atoms with Crippen molar-refractivity contribution in [2.45, 2.75) is 25.6 Å². The van der Waals surface area contributed by atoms with Crippen LogP contribution in [0, 0.1) is 17.6 Å². The van der Waals surface area contributed by atoms with Gasteiger partial charge in [-0.25, -0.2) is 18.3 Å². The lowest BCUT2D eigenvalue weighted by Crippen LogP contribution is -2.47. The lowest BCUT2D eigenvalue weighted by Gasteiger charge is -2.32. The molecule has 2 aromatic rings. The van der Waals surface area contributed by atoms with Gasteiger partial charge in [-0.1, -0.05) is 6.08 Å². The summed E-state index contributed by atoms with van der Waals surface area (Å²) in [6.07, 6.45) is 5.19. The van der Waals surface area contributed by atoms with Gasteiger partial charge in [-0.05, 0) is 24.1 Å². The third-order valence-electron chi connectivity index (χ3n) is 6.01. The van der Waals surface area contributed by atoms with Gasteiger partial charge in [-0.2, -0.15) is 13.9 Å². The van der Waals surface area contributed by atoms with Gasteiger partial charge in [0, 0.05) is 29.8 Å². The van der Waals surface area contributed by atoms with Crippen molar-refractivity contribution in [3.05, 3.63) is 53.4 Å². The molecule has 1 aromatic heterocycles. The molecule has 0 radical (unpaired) electrons. The Balaban J connectivity index is 1.28. The molecular weight excluding hydrogens is 418 g/mol. The molecule has 1 aromatic carbocycles. The number of halogens is 4. The van der Waals surface area contributed by atoms with E-state index in [0.717, 1.165) is 16.5 Å². The van der Waals surface area contributed by atoms with Gasteiger partial charge < -0.3 is 15.1 Å². The van der Waals surface area contributed by atoms with Gasteiger partial charge in [0.15, 0.2) is 11.6 Å². The highest BCUT2D eigenvalue weighted by Gasteiger charge is 2.42. The van der Waals surface area contributed by atoms with Crippen molar-refractivity contribution in [1.82, 2.24) is 19.6 Å². The molecule has 31 heavy (non-hydrogen) atoms. The number of fused-ring (bicyclic) bond motifs is 3. The number of aromatic nitrogens is 2. The summed E-state index contributed by atoms with van der Waals surface area (Å²) in [5, 5.41) is 6.13. The zero-order chi connectivity index (χ0) is 21.9. The Morgan fingerprint density at radius 3 is 2.77 bits per heavy atom. The second-order valence-electron chi connectivity index (χ2n) is 7.83. The molecule has 7 nitrogen and oxygen atoms in total. The molecule has 2 bridgehead atoms. The number of amides is 3. The lowest BCUT2D eigenvalue weighted by atomic mass is 9.98. The largest absolute Gasteiger partial charge is 0.334 e. The van der Waals surface area contributed by atoms with Gasteiger partial charge in [-0.3, -0.25) is 4.79 Å². The quantitative estimate of drug-likeness (QED) is 0.750. The van der Waals surface area contributed by atoms with E-state index in [-0.39, 0.29) is 42.2 Å². The van der Waals surface area contributed by atoms with Gasteiger partial charge >= 0.3 is 12.6 Å². The third kappa shape index (κ3) is 3.24. The Bertz CT molecular complexity index is 1110. The van der Waals surface area contributed by atoms with Gasteiger partial charge in [0.25, 0.3) is 0 Å². The number of nitrogens with one attached hydrogen (secondary N) is 1.